The Morgan fingerprint density at radius 2 is 1.76 bits per heavy atom. The standard InChI is InChI=1S/C44H43ClF3N11O4/c1-24-29(45)14-26(15-35(24)58-12-9-38(60)53-42(58)63)41(62)56-13-10-43(44(47,48)23-56)21-55(22-43)20-25-6-7-31(50-18-25)27-4-3-5-34-28(27)8-11-57(34)37-17-33(49-2)39-51-19-36(59(39)54-37)40(61)52-32-16-30(32)46/h3-7,14-15,17-19,30,32,49H,8-13,16,20-23H2,1-2H3,(H,52,61)(H,53,60,63)/t30-,32+/m0/s1. The number of benzene rings is 2. The number of aromatic nitrogens is 4. The third-order valence-corrected chi connectivity index (χ3v) is 13.5. The normalized spacial score (nSPS) is 21.3. The molecule has 1 aliphatic carbocycles. The van der Waals surface area contributed by atoms with Gasteiger partial charge in [0.15, 0.2) is 17.2 Å². The van der Waals surface area contributed by atoms with E-state index in [2.05, 4.69) is 25.8 Å². The second-order valence-electron chi connectivity index (χ2n) is 17.1. The molecule has 3 N–H and O–H groups in total. The number of urea groups is 1. The molecule has 19 heteroatoms. The number of carbonyl (C=O) groups is 4. The molecule has 63 heavy (non-hydrogen) atoms. The van der Waals surface area contributed by atoms with Crippen molar-refractivity contribution >= 4 is 63.9 Å². The van der Waals surface area contributed by atoms with Gasteiger partial charge >= 0.3 is 6.03 Å². The van der Waals surface area contributed by atoms with E-state index in [9.17, 15) is 23.6 Å². The zero-order valence-corrected chi connectivity index (χ0v) is 35.2. The van der Waals surface area contributed by atoms with Crippen LogP contribution in [0, 0.1) is 12.3 Å². The van der Waals surface area contributed by atoms with Crippen molar-refractivity contribution in [2.75, 3.05) is 61.4 Å². The van der Waals surface area contributed by atoms with E-state index in [1.54, 1.807) is 20.2 Å². The van der Waals surface area contributed by atoms with Gasteiger partial charge in [-0.2, -0.15) is 0 Å². The summed E-state index contributed by atoms with van der Waals surface area (Å²) in [5.74, 6) is -3.97. The summed E-state index contributed by atoms with van der Waals surface area (Å²) in [6.07, 6.45) is 3.41. The summed E-state index contributed by atoms with van der Waals surface area (Å²) < 4.78 is 47.1. The third-order valence-electron chi connectivity index (χ3n) is 13.1. The number of nitrogens with one attached hydrogen (secondary N) is 3. The smallest absolute Gasteiger partial charge is 0.328 e. The molecular weight excluding hydrogens is 839 g/mol. The number of pyridine rings is 1. The van der Waals surface area contributed by atoms with Crippen LogP contribution in [0.25, 0.3) is 16.9 Å². The molecule has 4 aliphatic heterocycles. The van der Waals surface area contributed by atoms with Crippen molar-refractivity contribution in [1.82, 2.24) is 40.0 Å². The second-order valence-corrected chi connectivity index (χ2v) is 17.5. The number of amides is 5. The molecule has 1 saturated carbocycles. The van der Waals surface area contributed by atoms with Gasteiger partial charge in [-0.05, 0) is 60.7 Å². The summed E-state index contributed by atoms with van der Waals surface area (Å²) in [7, 11) is 1.77. The number of nitrogens with zero attached hydrogens (tertiary/aromatic N) is 8. The monoisotopic (exact) mass is 881 g/mol. The molecule has 3 aromatic heterocycles. The third kappa shape index (κ3) is 7.08. The molecule has 15 nitrogen and oxygen atoms in total. The number of piperidine rings is 1. The van der Waals surface area contributed by atoms with Crippen LogP contribution >= 0.6 is 11.6 Å². The average Bonchev–Trinajstić information content (AvgIpc) is 3.57. The van der Waals surface area contributed by atoms with Crippen LogP contribution in [0.2, 0.25) is 5.02 Å². The molecule has 1 spiro atoms. The van der Waals surface area contributed by atoms with Crippen molar-refractivity contribution in [2.24, 2.45) is 5.41 Å². The van der Waals surface area contributed by atoms with Gasteiger partial charge in [0, 0.05) is 93.3 Å². The first-order valence-corrected chi connectivity index (χ1v) is 21.3. The fourth-order valence-electron chi connectivity index (χ4n) is 9.38. The first-order chi connectivity index (χ1) is 30.2. The number of imide groups is 1. The Kier molecular flexibility index (Phi) is 9.85. The number of hydrogen-bond acceptors (Lipinski definition) is 10. The topological polar surface area (TPSA) is 160 Å². The van der Waals surface area contributed by atoms with Gasteiger partial charge < -0.3 is 20.4 Å². The van der Waals surface area contributed by atoms with Crippen LogP contribution in [-0.2, 0) is 17.8 Å². The summed E-state index contributed by atoms with van der Waals surface area (Å²) in [5, 5.41) is 13.1. The molecule has 2 atom stereocenters. The van der Waals surface area contributed by atoms with E-state index >= 15 is 8.78 Å². The van der Waals surface area contributed by atoms with Gasteiger partial charge in [-0.1, -0.05) is 29.8 Å². The predicted molar refractivity (Wildman–Crippen MR) is 229 cm³/mol. The van der Waals surface area contributed by atoms with Gasteiger partial charge in [-0.25, -0.2) is 27.5 Å². The Morgan fingerprint density at radius 3 is 2.48 bits per heavy atom. The number of hydrogen-bond donors (Lipinski definition) is 3. The number of alkyl halides is 3. The molecule has 5 aliphatic rings. The molecule has 4 fully saturated rings. The lowest BCUT2D eigenvalue weighted by Crippen LogP contribution is -2.70. The number of carbonyl (C=O) groups excluding carboxylic acids is 4. The highest BCUT2D eigenvalue weighted by Crippen LogP contribution is 2.51. The van der Waals surface area contributed by atoms with Crippen molar-refractivity contribution in [1.29, 1.82) is 0 Å². The molecule has 326 valence electrons. The minimum atomic E-state index is -3.15. The molecule has 0 radical (unpaired) electrons. The summed E-state index contributed by atoms with van der Waals surface area (Å²) in [5.41, 5.74) is 5.75. The summed E-state index contributed by atoms with van der Waals surface area (Å²) in [6, 6.07) is 13.6. The largest absolute Gasteiger partial charge is 0.385 e. The van der Waals surface area contributed by atoms with Crippen molar-refractivity contribution in [3.63, 3.8) is 0 Å². The first kappa shape index (κ1) is 40.8. The number of likely N-dealkylation sites (tertiary alicyclic amines) is 2. The van der Waals surface area contributed by atoms with Crippen LogP contribution in [0.5, 0.6) is 0 Å². The van der Waals surface area contributed by atoms with Gasteiger partial charge in [-0.3, -0.25) is 34.5 Å². The molecular formula is C44H43ClF3N11O4. The Labute approximate surface area is 364 Å². The minimum absolute atomic E-state index is 0.0805. The minimum Gasteiger partial charge on any atom is -0.385 e. The fourth-order valence-corrected chi connectivity index (χ4v) is 9.59. The van der Waals surface area contributed by atoms with Gasteiger partial charge in [-0.15, -0.1) is 5.10 Å². The lowest BCUT2D eigenvalue weighted by molar-refractivity contribution is -0.220. The number of imidazole rings is 1. The van der Waals surface area contributed by atoms with Crippen molar-refractivity contribution in [3.8, 4) is 11.3 Å². The van der Waals surface area contributed by atoms with E-state index < -0.39 is 53.8 Å². The van der Waals surface area contributed by atoms with E-state index in [1.165, 1.54) is 27.7 Å². The molecule has 5 amide bonds. The van der Waals surface area contributed by atoms with E-state index in [4.69, 9.17) is 21.7 Å². The predicted octanol–water partition coefficient (Wildman–Crippen LogP) is 5.76. The van der Waals surface area contributed by atoms with E-state index in [1.807, 2.05) is 41.3 Å². The summed E-state index contributed by atoms with van der Waals surface area (Å²) in [6.45, 7) is 2.62. The van der Waals surface area contributed by atoms with Crippen LogP contribution in [0.1, 0.15) is 56.8 Å². The van der Waals surface area contributed by atoms with Gasteiger partial charge in [0.1, 0.15) is 6.17 Å². The highest BCUT2D eigenvalue weighted by molar-refractivity contribution is 6.32. The van der Waals surface area contributed by atoms with Crippen LogP contribution in [0.3, 0.4) is 0 Å². The number of fused-ring (bicyclic) bond motifs is 2. The summed E-state index contributed by atoms with van der Waals surface area (Å²) >= 11 is 6.47. The summed E-state index contributed by atoms with van der Waals surface area (Å²) in [4.78, 5) is 66.7. The van der Waals surface area contributed by atoms with Crippen molar-refractivity contribution in [2.45, 2.75) is 57.3 Å². The second kappa shape index (κ2) is 15.2. The van der Waals surface area contributed by atoms with Crippen LogP contribution in [0.15, 0.2) is 60.9 Å². The van der Waals surface area contributed by atoms with Crippen molar-refractivity contribution < 1.29 is 32.3 Å². The average molecular weight is 882 g/mol. The number of rotatable bonds is 9. The van der Waals surface area contributed by atoms with Gasteiger partial charge in [0.05, 0.1) is 41.3 Å². The van der Waals surface area contributed by atoms with E-state index in [-0.39, 0.29) is 55.3 Å². The maximum absolute atomic E-state index is 16.0. The Morgan fingerprint density at radius 1 is 0.968 bits per heavy atom. The highest BCUT2D eigenvalue weighted by Gasteiger charge is 2.62. The maximum atomic E-state index is 16.0. The Hall–Kier alpha value is -6.27. The molecule has 5 aromatic rings. The lowest BCUT2D eigenvalue weighted by atomic mass is 9.69. The quantitative estimate of drug-likeness (QED) is 0.166. The van der Waals surface area contributed by atoms with Gasteiger partial charge in [0.2, 0.25) is 5.91 Å². The van der Waals surface area contributed by atoms with Crippen molar-refractivity contribution in [3.05, 3.63) is 93.9 Å². The Bertz CT molecular complexity index is 2730. The zero-order valence-electron chi connectivity index (χ0n) is 34.4. The molecule has 0 bridgehead atoms. The molecule has 0 unspecified atom stereocenters. The van der Waals surface area contributed by atoms with Crippen LogP contribution in [-0.4, -0.2) is 118 Å². The SMILES string of the molecule is CNc1cc(N2CCc3c(-c4ccc(CN5CC6(CCN(C(=O)c7cc(Cl)c(C)c(N8CCC(=O)NC8=O)c7)CC6(F)F)C5)cn4)cccc32)nn2c(C(=O)N[C@@H]3C[C@@H]3F)cnc12. The molecule has 3 saturated heterocycles. The maximum Gasteiger partial charge on any atom is 0.328 e. The van der Waals surface area contributed by atoms with Crippen LogP contribution in [0.4, 0.5) is 40.8 Å². The van der Waals surface area contributed by atoms with E-state index in [0.717, 1.165) is 33.0 Å². The first-order valence-electron chi connectivity index (χ1n) is 20.9. The molecule has 2 aromatic carbocycles. The van der Waals surface area contributed by atoms with Gasteiger partial charge in [0.25, 0.3) is 17.7 Å². The highest BCUT2D eigenvalue weighted by atomic mass is 35.5. The fraction of sp³-hybridized carbons (Fsp3) is 0.386. The molecule has 7 heterocycles. The van der Waals surface area contributed by atoms with Crippen LogP contribution < -0.4 is 25.8 Å². The number of halogens is 4. The zero-order chi connectivity index (χ0) is 43.9. The van der Waals surface area contributed by atoms with E-state index in [0.29, 0.717) is 54.3 Å². The lowest BCUT2D eigenvalue weighted by Gasteiger charge is -2.57. The molecule has 10 rings (SSSR count). The number of anilines is 4. The Balaban J connectivity index is 0.793.